The molecule has 0 atom stereocenters. The fourth-order valence-corrected chi connectivity index (χ4v) is 6.90. The lowest BCUT2D eigenvalue weighted by Gasteiger charge is -2.41. The molecule has 0 bridgehead atoms. The van der Waals surface area contributed by atoms with Crippen LogP contribution >= 0.6 is 0 Å². The lowest BCUT2D eigenvalue weighted by molar-refractivity contribution is -0.145. The Morgan fingerprint density at radius 1 is 0.457 bits per heavy atom. The smallest absolute Gasteiger partial charge is 0.317 e. The van der Waals surface area contributed by atoms with Gasteiger partial charge in [0.25, 0.3) is 0 Å². The van der Waals surface area contributed by atoms with Gasteiger partial charge in [-0.2, -0.15) is 0 Å². The van der Waals surface area contributed by atoms with Crippen molar-refractivity contribution in [2.45, 2.75) is 155 Å². The summed E-state index contributed by atoms with van der Waals surface area (Å²) in [5.74, 6) is -2.66. The highest BCUT2D eigenvalue weighted by molar-refractivity contribution is 5.82. The Morgan fingerprint density at radius 3 is 0.717 bits per heavy atom. The van der Waals surface area contributed by atoms with Crippen LogP contribution in [0.15, 0.2) is 0 Å². The predicted molar refractivity (Wildman–Crippen MR) is 176 cm³/mol. The van der Waals surface area contributed by atoms with Crippen LogP contribution in [0.4, 0.5) is 0 Å². The first kappa shape index (κ1) is 43.3. The number of carbonyl (C=O) groups excluding carboxylic acids is 3. The number of nitrogens with zero attached hydrogens (tertiary/aromatic N) is 1. The normalized spacial score (nSPS) is 23.3. The van der Waals surface area contributed by atoms with Crippen LogP contribution in [0.3, 0.4) is 0 Å². The monoisotopic (exact) mass is 656 g/mol. The lowest BCUT2D eigenvalue weighted by atomic mass is 9.82. The summed E-state index contributed by atoms with van der Waals surface area (Å²) in [4.78, 5) is 65.0. The number of carboxylic acid groups (broad SMARTS) is 3. The van der Waals surface area contributed by atoms with Gasteiger partial charge >= 0.3 is 17.9 Å². The molecule has 0 aromatic carbocycles. The van der Waals surface area contributed by atoms with Gasteiger partial charge in [-0.15, -0.1) is 0 Å². The molecule has 13 nitrogen and oxygen atoms in total. The molecule has 3 fully saturated rings. The van der Waals surface area contributed by atoms with Crippen molar-refractivity contribution < 1.29 is 44.1 Å². The van der Waals surface area contributed by atoms with Crippen LogP contribution in [0.1, 0.15) is 122 Å². The van der Waals surface area contributed by atoms with Crippen LogP contribution in [0.2, 0.25) is 0 Å². The number of hydrogen-bond acceptors (Lipinski definition) is 10. The van der Waals surface area contributed by atoms with Crippen molar-refractivity contribution in [2.24, 2.45) is 0 Å². The zero-order valence-electron chi connectivity index (χ0n) is 30.1. The van der Waals surface area contributed by atoms with Gasteiger partial charge in [0.1, 0.15) is 17.3 Å². The van der Waals surface area contributed by atoms with Gasteiger partial charge in [0.2, 0.25) is 0 Å². The molecule has 13 heteroatoms. The number of nitrogens with one attached hydrogen (secondary N) is 3. The Morgan fingerprint density at radius 2 is 0.609 bits per heavy atom. The molecule has 0 radical (unpaired) electrons. The fourth-order valence-electron chi connectivity index (χ4n) is 6.90. The number of aliphatic carboxylic acids is 3. The molecule has 6 N–H and O–H groups in total. The predicted octanol–water partition coefficient (Wildman–Crippen LogP) is 3.03. The zero-order chi connectivity index (χ0) is 36.5. The molecule has 0 saturated carbocycles. The van der Waals surface area contributed by atoms with E-state index in [-0.39, 0.29) is 33.2 Å². The Kier molecular flexibility index (Phi) is 15.4. The van der Waals surface area contributed by atoms with Gasteiger partial charge in [-0.1, -0.05) is 0 Å². The summed E-state index contributed by atoms with van der Waals surface area (Å²) in [5, 5.41) is 35.2. The highest BCUT2D eigenvalue weighted by Crippen LogP contribution is 2.27. The molecule has 266 valence electrons. The van der Waals surface area contributed by atoms with E-state index < -0.39 is 37.5 Å². The fraction of sp³-hybridized carbons (Fsp3) is 0.818. The summed E-state index contributed by atoms with van der Waals surface area (Å²) in [5.41, 5.74) is -0.0903. The highest BCUT2D eigenvalue weighted by Gasteiger charge is 2.38. The van der Waals surface area contributed by atoms with E-state index in [4.69, 9.17) is 15.3 Å². The molecule has 0 aromatic heterocycles. The summed E-state index contributed by atoms with van der Waals surface area (Å²) in [6.45, 7) is 23.1. The van der Waals surface area contributed by atoms with Crippen LogP contribution in [0.25, 0.3) is 0 Å². The molecular weight excluding hydrogens is 596 g/mol. The molecule has 0 aromatic rings. The third-order valence-electron chi connectivity index (χ3n) is 6.94. The number of piperidine rings is 3. The van der Waals surface area contributed by atoms with Crippen molar-refractivity contribution in [1.29, 1.82) is 0 Å². The Hall–Kier alpha value is -2.74. The quantitative estimate of drug-likeness (QED) is 0.244. The zero-order valence-corrected chi connectivity index (χ0v) is 30.1. The van der Waals surface area contributed by atoms with E-state index in [1.807, 2.05) is 0 Å². The van der Waals surface area contributed by atoms with E-state index in [9.17, 15) is 28.8 Å². The molecule has 3 saturated heterocycles. The van der Waals surface area contributed by atoms with Crippen LogP contribution in [0.5, 0.6) is 0 Å². The number of rotatable bonds is 6. The second-order valence-corrected chi connectivity index (χ2v) is 16.7. The number of carbonyl (C=O) groups is 6. The van der Waals surface area contributed by atoms with Gasteiger partial charge in [-0.05, 0) is 83.1 Å². The molecular formula is C33H60N4O9. The third kappa shape index (κ3) is 20.4. The van der Waals surface area contributed by atoms with E-state index in [2.05, 4.69) is 99.0 Å². The van der Waals surface area contributed by atoms with Crippen molar-refractivity contribution in [1.82, 2.24) is 20.9 Å². The van der Waals surface area contributed by atoms with E-state index in [1.165, 1.54) is 0 Å². The third-order valence-corrected chi connectivity index (χ3v) is 6.94. The molecule has 3 aliphatic heterocycles. The first-order chi connectivity index (χ1) is 20.3. The maximum atomic E-state index is 11.3. The number of ketones is 3. The second kappa shape index (κ2) is 16.4. The Labute approximate surface area is 274 Å². The molecule has 3 rings (SSSR count). The minimum atomic E-state index is -1.26. The summed E-state index contributed by atoms with van der Waals surface area (Å²) in [6, 6.07) is 0. The van der Waals surface area contributed by atoms with Crippen molar-refractivity contribution >= 4 is 35.3 Å². The van der Waals surface area contributed by atoms with Crippen LogP contribution in [0, 0.1) is 0 Å². The van der Waals surface area contributed by atoms with Gasteiger partial charge in [0, 0.05) is 71.8 Å². The lowest BCUT2D eigenvalue weighted by Crippen LogP contribution is -2.58. The topological polar surface area (TPSA) is 202 Å². The summed E-state index contributed by atoms with van der Waals surface area (Å²) in [7, 11) is 0. The van der Waals surface area contributed by atoms with Crippen molar-refractivity contribution in [2.75, 3.05) is 19.6 Å². The largest absolute Gasteiger partial charge is 0.480 e. The minimum Gasteiger partial charge on any atom is -0.480 e. The molecule has 0 spiro atoms. The number of Topliss-reactive ketones (excluding diaryl/α,β-unsaturated/α-hetero) is 3. The van der Waals surface area contributed by atoms with Gasteiger partial charge in [-0.3, -0.25) is 33.7 Å². The van der Waals surface area contributed by atoms with Crippen molar-refractivity contribution in [3.8, 4) is 0 Å². The standard InChI is InChI=1S/3C9H17NO.C6H9NO6/c3*1-8(2)5-7(11)6-9(3,4)10-8;8-4(9)1-7(2-5(10)11)3-6(12)13/h3*10H,5-6H2,1-4H3;1-3H2,(H,8,9)(H,10,11)(H,12,13). The maximum absolute atomic E-state index is 11.3. The SMILES string of the molecule is CC1(C)CC(=O)CC(C)(C)N1.CC1(C)CC(=O)CC(C)(C)N1.CC1(C)CC(=O)CC(C)(C)N1.O=C(O)CN(CC(=O)O)CC(=O)O. The molecule has 0 amide bonds. The van der Waals surface area contributed by atoms with Gasteiger partial charge in [-0.25, -0.2) is 0 Å². The van der Waals surface area contributed by atoms with E-state index in [0.29, 0.717) is 55.9 Å². The van der Waals surface area contributed by atoms with Crippen molar-refractivity contribution in [3.05, 3.63) is 0 Å². The van der Waals surface area contributed by atoms with Gasteiger partial charge < -0.3 is 31.3 Å². The van der Waals surface area contributed by atoms with Gasteiger partial charge in [0.05, 0.1) is 19.6 Å². The molecule has 3 heterocycles. The summed E-state index contributed by atoms with van der Waals surface area (Å²) >= 11 is 0. The molecule has 46 heavy (non-hydrogen) atoms. The summed E-state index contributed by atoms with van der Waals surface area (Å²) < 4.78 is 0. The molecule has 0 unspecified atom stereocenters. The molecule has 0 aliphatic carbocycles. The first-order valence-corrected chi connectivity index (χ1v) is 15.6. The maximum Gasteiger partial charge on any atom is 0.317 e. The average molecular weight is 657 g/mol. The second-order valence-electron chi connectivity index (χ2n) is 16.7. The number of hydrogen-bond donors (Lipinski definition) is 6. The van der Waals surface area contributed by atoms with E-state index >= 15 is 0 Å². The van der Waals surface area contributed by atoms with Crippen LogP contribution in [-0.2, 0) is 28.8 Å². The Balaban J connectivity index is 0.000000588. The van der Waals surface area contributed by atoms with E-state index in [1.54, 1.807) is 0 Å². The minimum absolute atomic E-state index is 0.0150. The van der Waals surface area contributed by atoms with Crippen LogP contribution in [-0.4, -0.2) is 108 Å². The van der Waals surface area contributed by atoms with Crippen molar-refractivity contribution in [3.63, 3.8) is 0 Å². The van der Waals surface area contributed by atoms with E-state index in [0.717, 1.165) is 4.90 Å². The highest BCUT2D eigenvalue weighted by atomic mass is 16.4. The first-order valence-electron chi connectivity index (χ1n) is 15.6. The average Bonchev–Trinajstić information content (AvgIpc) is 2.64. The Bertz CT molecular complexity index is 932. The summed E-state index contributed by atoms with van der Waals surface area (Å²) in [6.07, 6.45) is 3.98. The van der Waals surface area contributed by atoms with Gasteiger partial charge in [0.15, 0.2) is 0 Å². The number of carboxylic acids is 3. The van der Waals surface area contributed by atoms with Crippen LogP contribution < -0.4 is 16.0 Å². The molecule has 3 aliphatic rings.